The molecule has 12 heteroatoms. The van der Waals surface area contributed by atoms with Gasteiger partial charge in [-0.15, -0.1) is 0 Å². The van der Waals surface area contributed by atoms with Crippen molar-refractivity contribution < 1.29 is 26.7 Å². The van der Waals surface area contributed by atoms with Gasteiger partial charge in [0, 0.05) is 25.4 Å². The van der Waals surface area contributed by atoms with Crippen LogP contribution in [0.2, 0.25) is 0 Å². The van der Waals surface area contributed by atoms with Crippen LogP contribution < -0.4 is 9.64 Å². The lowest BCUT2D eigenvalue weighted by molar-refractivity contribution is -0.141. The third-order valence-electron chi connectivity index (χ3n) is 6.74. The SMILES string of the molecule is FC(F)Cn1ncc2ncc(N3CCC4(CC3)CC(COc3ccnc(C(F)(F)F)c3)C4)nc21. The first-order valence-corrected chi connectivity index (χ1v) is 11.1. The van der Waals surface area contributed by atoms with Gasteiger partial charge in [0.05, 0.1) is 19.0 Å². The molecule has 2 fully saturated rings. The number of rotatable bonds is 6. The summed E-state index contributed by atoms with van der Waals surface area (Å²) in [4.78, 5) is 14.3. The highest BCUT2D eigenvalue weighted by Gasteiger charge is 2.46. The molecule has 34 heavy (non-hydrogen) atoms. The average Bonchev–Trinajstić information content (AvgIpc) is 3.17. The third-order valence-corrected chi connectivity index (χ3v) is 6.74. The Morgan fingerprint density at radius 3 is 2.59 bits per heavy atom. The van der Waals surface area contributed by atoms with Crippen LogP contribution in [0.5, 0.6) is 5.75 Å². The van der Waals surface area contributed by atoms with Crippen molar-refractivity contribution >= 4 is 17.0 Å². The Morgan fingerprint density at radius 1 is 1.12 bits per heavy atom. The summed E-state index contributed by atoms with van der Waals surface area (Å²) >= 11 is 0. The van der Waals surface area contributed by atoms with Crippen LogP contribution in [0, 0.1) is 11.3 Å². The summed E-state index contributed by atoms with van der Waals surface area (Å²) in [5.74, 6) is 1.13. The first kappa shape index (κ1) is 22.7. The summed E-state index contributed by atoms with van der Waals surface area (Å²) in [6, 6.07) is 2.37. The van der Waals surface area contributed by atoms with Crippen LogP contribution in [-0.2, 0) is 12.7 Å². The molecule has 1 saturated carbocycles. The predicted octanol–water partition coefficient (Wildman–Crippen LogP) is 4.58. The molecule has 4 heterocycles. The Labute approximate surface area is 192 Å². The number of aromatic nitrogens is 5. The van der Waals surface area contributed by atoms with Crippen molar-refractivity contribution in [3.8, 4) is 5.75 Å². The summed E-state index contributed by atoms with van der Waals surface area (Å²) < 4.78 is 70.8. The van der Waals surface area contributed by atoms with Gasteiger partial charge in [-0.2, -0.15) is 18.3 Å². The van der Waals surface area contributed by atoms with E-state index in [1.807, 2.05) is 0 Å². The molecule has 0 bridgehead atoms. The van der Waals surface area contributed by atoms with E-state index in [-0.39, 0.29) is 11.2 Å². The normalized spacial score (nSPS) is 18.6. The average molecular weight is 482 g/mol. The number of ether oxygens (including phenoxy) is 1. The Morgan fingerprint density at radius 2 is 1.88 bits per heavy atom. The fraction of sp³-hybridized carbons (Fsp3) is 0.545. The van der Waals surface area contributed by atoms with Crippen molar-refractivity contribution in [1.82, 2.24) is 24.7 Å². The molecule has 3 aromatic heterocycles. The molecule has 0 aromatic carbocycles. The smallest absolute Gasteiger partial charge is 0.433 e. The second kappa shape index (κ2) is 8.62. The standard InChI is InChI=1S/C22H23F5N6O/c23-18(24)12-33-20-16(10-30-33)29-11-19(31-20)32-5-2-21(3-6-32)8-14(9-21)13-34-15-1-4-28-17(7-15)22(25,26)27/h1,4,7,10-11,14,18H,2-3,5-6,8-9,12-13H2. The molecule has 182 valence electrons. The molecular formula is C22H23F5N6O. The maximum atomic E-state index is 12.8. The lowest BCUT2D eigenvalue weighted by Crippen LogP contribution is -2.48. The molecule has 0 unspecified atom stereocenters. The molecule has 3 aromatic rings. The van der Waals surface area contributed by atoms with E-state index in [0.717, 1.165) is 51.0 Å². The van der Waals surface area contributed by atoms with Gasteiger partial charge >= 0.3 is 6.18 Å². The number of halogens is 5. The van der Waals surface area contributed by atoms with Crippen LogP contribution in [0.1, 0.15) is 31.4 Å². The highest BCUT2D eigenvalue weighted by atomic mass is 19.4. The number of piperidine rings is 1. The van der Waals surface area contributed by atoms with Gasteiger partial charge in [0.15, 0.2) is 5.65 Å². The van der Waals surface area contributed by atoms with Gasteiger partial charge in [-0.25, -0.2) is 23.4 Å². The zero-order valence-electron chi connectivity index (χ0n) is 18.2. The molecule has 2 aliphatic rings. The second-order valence-corrected chi connectivity index (χ2v) is 9.10. The quantitative estimate of drug-likeness (QED) is 0.479. The van der Waals surface area contributed by atoms with Crippen LogP contribution in [0.4, 0.5) is 27.8 Å². The Balaban J connectivity index is 1.14. The van der Waals surface area contributed by atoms with Crippen LogP contribution in [0.25, 0.3) is 11.2 Å². The van der Waals surface area contributed by atoms with Gasteiger partial charge in [-0.1, -0.05) is 0 Å². The van der Waals surface area contributed by atoms with Crippen LogP contribution in [0.15, 0.2) is 30.7 Å². The largest absolute Gasteiger partial charge is 0.493 e. The number of hydrogen-bond acceptors (Lipinski definition) is 6. The number of hydrogen-bond donors (Lipinski definition) is 0. The van der Waals surface area contributed by atoms with Gasteiger partial charge in [0.25, 0.3) is 6.43 Å². The Kier molecular flexibility index (Phi) is 5.76. The van der Waals surface area contributed by atoms with Crippen molar-refractivity contribution in [2.24, 2.45) is 11.3 Å². The fourth-order valence-corrected chi connectivity index (χ4v) is 5.03. The van der Waals surface area contributed by atoms with E-state index in [2.05, 4.69) is 25.0 Å². The fourth-order valence-electron chi connectivity index (χ4n) is 5.03. The molecule has 5 rings (SSSR count). The molecule has 1 aliphatic heterocycles. The van der Waals surface area contributed by atoms with Crippen LogP contribution in [0.3, 0.4) is 0 Å². The topological polar surface area (TPSA) is 69.0 Å². The van der Waals surface area contributed by atoms with Gasteiger partial charge < -0.3 is 9.64 Å². The van der Waals surface area contributed by atoms with Crippen LogP contribution in [-0.4, -0.2) is 50.9 Å². The Hall–Kier alpha value is -3.05. The highest BCUT2D eigenvalue weighted by molar-refractivity contribution is 5.71. The van der Waals surface area contributed by atoms with Crippen molar-refractivity contribution in [3.63, 3.8) is 0 Å². The van der Waals surface area contributed by atoms with Crippen molar-refractivity contribution in [1.29, 1.82) is 0 Å². The molecule has 1 spiro atoms. The van der Waals surface area contributed by atoms with E-state index in [4.69, 9.17) is 4.74 Å². The van der Waals surface area contributed by atoms with E-state index >= 15 is 0 Å². The summed E-state index contributed by atoms with van der Waals surface area (Å²) in [7, 11) is 0. The monoisotopic (exact) mass is 482 g/mol. The van der Waals surface area contributed by atoms with Gasteiger partial charge in [0.1, 0.15) is 29.3 Å². The summed E-state index contributed by atoms with van der Waals surface area (Å²) in [6.45, 7) is 1.40. The maximum absolute atomic E-state index is 12.8. The van der Waals surface area contributed by atoms with Gasteiger partial charge in [0.2, 0.25) is 0 Å². The van der Waals surface area contributed by atoms with Gasteiger partial charge in [-0.3, -0.25) is 4.98 Å². The number of anilines is 1. The van der Waals surface area contributed by atoms with E-state index < -0.39 is 24.8 Å². The van der Waals surface area contributed by atoms with E-state index in [1.165, 1.54) is 16.9 Å². The molecule has 7 nitrogen and oxygen atoms in total. The molecule has 1 aliphatic carbocycles. The molecular weight excluding hydrogens is 459 g/mol. The minimum Gasteiger partial charge on any atom is -0.493 e. The van der Waals surface area contributed by atoms with E-state index in [1.54, 1.807) is 6.20 Å². The predicted molar refractivity (Wildman–Crippen MR) is 113 cm³/mol. The lowest BCUT2D eigenvalue weighted by Gasteiger charge is -2.52. The summed E-state index contributed by atoms with van der Waals surface area (Å²) in [6.07, 6.45) is 1.00. The molecule has 1 saturated heterocycles. The van der Waals surface area contributed by atoms with Crippen molar-refractivity contribution in [3.05, 3.63) is 36.4 Å². The maximum Gasteiger partial charge on any atom is 0.433 e. The first-order chi connectivity index (χ1) is 16.2. The minimum absolute atomic E-state index is 0.179. The summed E-state index contributed by atoms with van der Waals surface area (Å²) in [5.41, 5.74) is 0.0792. The number of nitrogens with zero attached hydrogens (tertiary/aromatic N) is 6. The first-order valence-electron chi connectivity index (χ1n) is 11.1. The van der Waals surface area contributed by atoms with Crippen LogP contribution >= 0.6 is 0 Å². The number of pyridine rings is 1. The number of alkyl halides is 5. The highest BCUT2D eigenvalue weighted by Crippen LogP contribution is 2.52. The van der Waals surface area contributed by atoms with E-state index in [0.29, 0.717) is 29.5 Å². The molecule has 0 radical (unpaired) electrons. The van der Waals surface area contributed by atoms with Crippen molar-refractivity contribution in [2.45, 2.75) is 44.8 Å². The molecule has 0 N–H and O–H groups in total. The second-order valence-electron chi connectivity index (χ2n) is 9.10. The lowest BCUT2D eigenvalue weighted by atomic mass is 9.58. The molecule has 0 atom stereocenters. The zero-order valence-corrected chi connectivity index (χ0v) is 18.2. The molecule has 0 amide bonds. The van der Waals surface area contributed by atoms with Gasteiger partial charge in [-0.05, 0) is 43.1 Å². The van der Waals surface area contributed by atoms with Crippen molar-refractivity contribution in [2.75, 3.05) is 24.6 Å². The minimum atomic E-state index is -4.49. The zero-order chi connectivity index (χ0) is 23.9. The third kappa shape index (κ3) is 4.62. The summed E-state index contributed by atoms with van der Waals surface area (Å²) in [5, 5.41) is 3.95. The Bertz CT molecular complexity index is 1150. The van der Waals surface area contributed by atoms with E-state index in [9.17, 15) is 22.0 Å². The number of fused-ring (bicyclic) bond motifs is 1.